The van der Waals surface area contributed by atoms with Gasteiger partial charge in [0.1, 0.15) is 0 Å². The molecule has 0 aliphatic carbocycles. The second kappa shape index (κ2) is 2.54. The zero-order valence-electron chi connectivity index (χ0n) is 3.43. The highest BCUT2D eigenvalue weighted by Crippen LogP contribution is 1.96. The van der Waals surface area contributed by atoms with Gasteiger partial charge >= 0.3 is 0 Å². The normalized spacial score (nSPS) is 15.0. The highest BCUT2D eigenvalue weighted by Gasteiger charge is 1.81. The van der Waals surface area contributed by atoms with E-state index in [-0.39, 0.29) is 5.44 Å². The minimum absolute atomic E-state index is 0.199. The number of hydrogen-bond donors (Lipinski definition) is 1. The van der Waals surface area contributed by atoms with Gasteiger partial charge in [0.2, 0.25) is 0 Å². The lowest BCUT2D eigenvalue weighted by Crippen LogP contribution is -1.86. The summed E-state index contributed by atoms with van der Waals surface area (Å²) in [5.74, 6) is 0. The second-order valence-electron chi connectivity index (χ2n) is 0.835. The van der Waals surface area contributed by atoms with Crippen LogP contribution in [0.5, 0.6) is 0 Å². The molecule has 0 aromatic rings. The van der Waals surface area contributed by atoms with Gasteiger partial charge in [0.05, 0.1) is 5.44 Å². The molecule has 0 aromatic heterocycles. The highest BCUT2D eigenvalue weighted by molar-refractivity contribution is 7.99. The number of aliphatic hydroxyl groups excluding tert-OH is 1. The molecule has 0 saturated heterocycles. The van der Waals surface area contributed by atoms with Crippen LogP contribution < -0.4 is 0 Å². The molecule has 0 rings (SSSR count). The van der Waals surface area contributed by atoms with Crippen LogP contribution in [0.4, 0.5) is 0 Å². The van der Waals surface area contributed by atoms with Crippen LogP contribution in [0.3, 0.4) is 0 Å². The van der Waals surface area contributed by atoms with Gasteiger partial charge in [-0.25, -0.2) is 0 Å². The fourth-order valence-electron chi connectivity index (χ4n) is 0. The first-order valence-electron chi connectivity index (χ1n) is 1.48. The molecule has 0 saturated carbocycles. The smallest absolute Gasteiger partial charge is 0.0961 e. The fraction of sp³-hybridized carbons (Fsp3) is 1.00. The van der Waals surface area contributed by atoms with Gasteiger partial charge in [-0.05, 0) is 13.2 Å². The van der Waals surface area contributed by atoms with Gasteiger partial charge in [0.15, 0.2) is 0 Å². The van der Waals surface area contributed by atoms with Crippen LogP contribution >= 0.6 is 11.8 Å². The standard InChI is InChI=1S/C3H8OS/c1-3(4)5-2/h3-4H,1-2H3/t3-/m1/s1. The first-order chi connectivity index (χ1) is 2.27. The summed E-state index contributed by atoms with van der Waals surface area (Å²) in [5, 5.41) is 8.32. The van der Waals surface area contributed by atoms with Crippen LogP contribution in [-0.4, -0.2) is 16.8 Å². The van der Waals surface area contributed by atoms with Gasteiger partial charge in [-0.3, -0.25) is 0 Å². The minimum atomic E-state index is -0.199. The van der Waals surface area contributed by atoms with Gasteiger partial charge < -0.3 is 5.11 Å². The van der Waals surface area contributed by atoms with Crippen LogP contribution in [0.2, 0.25) is 0 Å². The molecule has 2 heteroatoms. The zero-order chi connectivity index (χ0) is 4.28. The van der Waals surface area contributed by atoms with E-state index in [0.717, 1.165) is 0 Å². The molecule has 0 spiro atoms. The van der Waals surface area contributed by atoms with E-state index in [0.29, 0.717) is 0 Å². The summed E-state index contributed by atoms with van der Waals surface area (Å²) < 4.78 is 0. The van der Waals surface area contributed by atoms with Gasteiger partial charge in [-0.1, -0.05) is 0 Å². The Hall–Kier alpha value is 0.310. The van der Waals surface area contributed by atoms with Gasteiger partial charge in [0, 0.05) is 0 Å². The van der Waals surface area contributed by atoms with Crippen molar-refractivity contribution >= 4 is 11.8 Å². The Morgan fingerprint density at radius 2 is 2.00 bits per heavy atom. The Bertz CT molecular complexity index is 20.9. The summed E-state index contributed by atoms with van der Waals surface area (Å²) in [6, 6.07) is 0. The van der Waals surface area contributed by atoms with E-state index in [2.05, 4.69) is 0 Å². The third-order valence-electron chi connectivity index (χ3n) is 0.341. The van der Waals surface area contributed by atoms with Crippen molar-refractivity contribution in [1.82, 2.24) is 0 Å². The van der Waals surface area contributed by atoms with Crippen molar-refractivity contribution in [2.45, 2.75) is 12.4 Å². The summed E-state index contributed by atoms with van der Waals surface area (Å²) in [6.45, 7) is 1.74. The van der Waals surface area contributed by atoms with E-state index in [4.69, 9.17) is 5.11 Å². The molecule has 32 valence electrons. The van der Waals surface area contributed by atoms with Crippen molar-refractivity contribution in [3.8, 4) is 0 Å². The van der Waals surface area contributed by atoms with Crippen LogP contribution in [-0.2, 0) is 0 Å². The zero-order valence-corrected chi connectivity index (χ0v) is 4.25. The Kier molecular flexibility index (Phi) is 2.70. The van der Waals surface area contributed by atoms with Crippen molar-refractivity contribution in [3.63, 3.8) is 0 Å². The predicted molar refractivity (Wildman–Crippen MR) is 25.2 cm³/mol. The van der Waals surface area contributed by atoms with Gasteiger partial charge in [-0.2, -0.15) is 0 Å². The Morgan fingerprint density at radius 1 is 1.80 bits per heavy atom. The lowest BCUT2D eigenvalue weighted by atomic mass is 10.9. The lowest BCUT2D eigenvalue weighted by Gasteiger charge is -1.90. The Balaban J connectivity index is 2.54. The Morgan fingerprint density at radius 3 is 2.00 bits per heavy atom. The molecule has 0 bridgehead atoms. The maximum absolute atomic E-state index is 8.32. The monoisotopic (exact) mass is 92.0 g/mol. The molecule has 1 nitrogen and oxygen atoms in total. The van der Waals surface area contributed by atoms with Crippen LogP contribution in [0.25, 0.3) is 0 Å². The van der Waals surface area contributed by atoms with Gasteiger partial charge in [-0.15, -0.1) is 11.8 Å². The van der Waals surface area contributed by atoms with Crippen molar-refractivity contribution < 1.29 is 5.11 Å². The summed E-state index contributed by atoms with van der Waals surface area (Å²) in [7, 11) is 0. The number of thioether (sulfide) groups is 1. The SMILES string of the molecule is CS[C@H](C)O. The predicted octanol–water partition coefficient (Wildman–Crippen LogP) is 0.688. The molecular formula is C3H8OS. The summed E-state index contributed by atoms with van der Waals surface area (Å²) in [4.78, 5) is 0. The van der Waals surface area contributed by atoms with E-state index in [1.54, 1.807) is 6.92 Å². The average molecular weight is 92.2 g/mol. The topological polar surface area (TPSA) is 20.2 Å². The summed E-state index contributed by atoms with van der Waals surface area (Å²) >= 11 is 1.44. The average Bonchev–Trinajstić information content (AvgIpc) is 1.38. The molecule has 0 aromatic carbocycles. The van der Waals surface area contributed by atoms with Crippen LogP contribution in [0.15, 0.2) is 0 Å². The molecule has 1 atom stereocenters. The lowest BCUT2D eigenvalue weighted by molar-refractivity contribution is 0.284. The molecule has 5 heavy (non-hydrogen) atoms. The summed E-state index contributed by atoms with van der Waals surface area (Å²) in [6.07, 6.45) is 1.87. The Labute approximate surface area is 36.4 Å². The van der Waals surface area contributed by atoms with Crippen LogP contribution in [0.1, 0.15) is 6.92 Å². The van der Waals surface area contributed by atoms with Crippen molar-refractivity contribution in [2.75, 3.05) is 6.26 Å². The second-order valence-corrected chi connectivity index (χ2v) is 1.99. The minimum Gasteiger partial charge on any atom is -0.383 e. The third kappa shape index (κ3) is 4.31. The first-order valence-corrected chi connectivity index (χ1v) is 2.77. The number of rotatable bonds is 1. The molecule has 1 N–H and O–H groups in total. The molecule has 0 aliphatic rings. The quantitative estimate of drug-likeness (QED) is 0.480. The fourth-order valence-corrected chi connectivity index (χ4v) is 0. The molecule has 0 heterocycles. The molecule has 0 fully saturated rings. The summed E-state index contributed by atoms with van der Waals surface area (Å²) in [5.41, 5.74) is -0.199. The molecule has 0 amide bonds. The maximum Gasteiger partial charge on any atom is 0.0961 e. The van der Waals surface area contributed by atoms with Crippen molar-refractivity contribution in [2.24, 2.45) is 0 Å². The largest absolute Gasteiger partial charge is 0.383 e. The third-order valence-corrected chi connectivity index (χ3v) is 1.02. The molecule has 0 radical (unpaired) electrons. The molecular weight excluding hydrogens is 84.1 g/mol. The maximum atomic E-state index is 8.32. The molecule has 0 aliphatic heterocycles. The van der Waals surface area contributed by atoms with Gasteiger partial charge in [0.25, 0.3) is 0 Å². The van der Waals surface area contributed by atoms with E-state index < -0.39 is 0 Å². The van der Waals surface area contributed by atoms with E-state index in [1.807, 2.05) is 6.26 Å². The first kappa shape index (κ1) is 5.31. The highest BCUT2D eigenvalue weighted by atomic mass is 32.2. The van der Waals surface area contributed by atoms with E-state index in [9.17, 15) is 0 Å². The number of hydrogen-bond acceptors (Lipinski definition) is 2. The van der Waals surface area contributed by atoms with E-state index >= 15 is 0 Å². The van der Waals surface area contributed by atoms with Crippen LogP contribution in [0, 0.1) is 0 Å². The number of aliphatic hydroxyl groups is 1. The van der Waals surface area contributed by atoms with Crippen molar-refractivity contribution in [3.05, 3.63) is 0 Å². The van der Waals surface area contributed by atoms with E-state index in [1.165, 1.54) is 11.8 Å². The molecule has 0 unspecified atom stereocenters. The van der Waals surface area contributed by atoms with Crippen molar-refractivity contribution in [1.29, 1.82) is 0 Å².